The number of anilines is 1. The maximum atomic E-state index is 14.0. The second-order valence-corrected chi connectivity index (χ2v) is 8.71. The minimum atomic E-state index is -0.647. The van der Waals surface area contributed by atoms with E-state index in [0.717, 1.165) is 51.9 Å². The maximum absolute atomic E-state index is 14.0. The van der Waals surface area contributed by atoms with Gasteiger partial charge in [0.2, 0.25) is 0 Å². The van der Waals surface area contributed by atoms with Crippen LogP contribution in [0.2, 0.25) is 0 Å². The van der Waals surface area contributed by atoms with Crippen LogP contribution in [0.1, 0.15) is 47.9 Å². The molecular formula is C24H27FN2O2. The zero-order chi connectivity index (χ0) is 20.0. The van der Waals surface area contributed by atoms with Gasteiger partial charge >= 0.3 is 5.97 Å². The van der Waals surface area contributed by atoms with Gasteiger partial charge in [-0.2, -0.15) is 0 Å². The number of benzene rings is 2. The lowest BCUT2D eigenvalue weighted by molar-refractivity contribution is -0.143. The molecule has 0 saturated carbocycles. The third kappa shape index (κ3) is 3.42. The summed E-state index contributed by atoms with van der Waals surface area (Å²) >= 11 is 0. The second-order valence-electron chi connectivity index (χ2n) is 8.71. The Labute approximate surface area is 170 Å². The molecule has 2 fully saturated rings. The zero-order valence-electron chi connectivity index (χ0n) is 16.6. The summed E-state index contributed by atoms with van der Waals surface area (Å²) in [4.78, 5) is 15.8. The van der Waals surface area contributed by atoms with E-state index in [1.807, 2.05) is 12.1 Å². The highest BCUT2D eigenvalue weighted by atomic mass is 19.1. The number of carboxylic acids is 1. The van der Waals surface area contributed by atoms with Gasteiger partial charge in [0.05, 0.1) is 11.6 Å². The number of hydrogen-bond acceptors (Lipinski definition) is 3. The Morgan fingerprint density at radius 2 is 1.79 bits per heavy atom. The molecule has 0 amide bonds. The van der Waals surface area contributed by atoms with Crippen LogP contribution in [-0.2, 0) is 11.2 Å². The number of hydrogen-bond donors (Lipinski definition) is 1. The van der Waals surface area contributed by atoms with Crippen LogP contribution in [0.15, 0.2) is 42.5 Å². The van der Waals surface area contributed by atoms with Crippen LogP contribution in [0, 0.1) is 11.7 Å². The van der Waals surface area contributed by atoms with Crippen LogP contribution in [0.25, 0.3) is 0 Å². The lowest BCUT2D eigenvalue weighted by Crippen LogP contribution is -2.45. The molecule has 0 aromatic heterocycles. The minimum absolute atomic E-state index is 0.144. The predicted molar refractivity (Wildman–Crippen MR) is 111 cm³/mol. The van der Waals surface area contributed by atoms with Gasteiger partial charge < -0.3 is 10.0 Å². The van der Waals surface area contributed by atoms with Crippen molar-refractivity contribution < 1.29 is 14.3 Å². The van der Waals surface area contributed by atoms with Gasteiger partial charge in [-0.15, -0.1) is 0 Å². The fourth-order valence-electron chi connectivity index (χ4n) is 5.30. The van der Waals surface area contributed by atoms with E-state index >= 15 is 0 Å². The number of carboxylic acid groups (broad SMARTS) is 1. The first-order valence-corrected chi connectivity index (χ1v) is 10.7. The minimum Gasteiger partial charge on any atom is -0.481 e. The third-order valence-electron chi connectivity index (χ3n) is 7.08. The Morgan fingerprint density at radius 3 is 2.52 bits per heavy atom. The van der Waals surface area contributed by atoms with E-state index in [0.29, 0.717) is 17.6 Å². The second kappa shape index (κ2) is 7.45. The van der Waals surface area contributed by atoms with Gasteiger partial charge in [0, 0.05) is 25.0 Å². The predicted octanol–water partition coefficient (Wildman–Crippen LogP) is 4.21. The quantitative estimate of drug-likeness (QED) is 0.844. The number of rotatable bonds is 4. The number of piperidine rings is 1. The number of nitrogens with zero attached hydrogens (tertiary/aromatic N) is 2. The summed E-state index contributed by atoms with van der Waals surface area (Å²) in [6, 6.07) is 14.3. The first-order chi connectivity index (χ1) is 14.1. The van der Waals surface area contributed by atoms with Gasteiger partial charge in [-0.1, -0.05) is 30.3 Å². The lowest BCUT2D eigenvalue weighted by atomic mass is 9.88. The highest BCUT2D eigenvalue weighted by Crippen LogP contribution is 2.40. The Balaban J connectivity index is 1.24. The van der Waals surface area contributed by atoms with Crippen LogP contribution in [0.3, 0.4) is 0 Å². The summed E-state index contributed by atoms with van der Waals surface area (Å²) in [6.45, 7) is 3.49. The van der Waals surface area contributed by atoms with Crippen LogP contribution < -0.4 is 4.90 Å². The number of fused-ring (bicyclic) bond motifs is 1. The van der Waals surface area contributed by atoms with Crippen molar-refractivity contribution in [1.82, 2.24) is 4.90 Å². The van der Waals surface area contributed by atoms with E-state index in [4.69, 9.17) is 0 Å². The van der Waals surface area contributed by atoms with E-state index in [1.165, 1.54) is 22.8 Å². The lowest BCUT2D eigenvalue weighted by Gasteiger charge is -2.41. The molecule has 5 heteroatoms. The fourth-order valence-corrected chi connectivity index (χ4v) is 5.30. The van der Waals surface area contributed by atoms with Crippen LogP contribution in [0.5, 0.6) is 0 Å². The summed E-state index contributed by atoms with van der Waals surface area (Å²) < 4.78 is 14.0. The van der Waals surface area contributed by atoms with E-state index < -0.39 is 5.97 Å². The molecule has 4 nitrogen and oxygen atoms in total. The topological polar surface area (TPSA) is 43.8 Å². The maximum Gasteiger partial charge on any atom is 0.306 e. The Bertz CT molecular complexity index is 917. The van der Waals surface area contributed by atoms with Crippen LogP contribution >= 0.6 is 0 Å². The molecule has 152 valence electrons. The first kappa shape index (κ1) is 18.6. The SMILES string of the molecule is O=C(O)C1CCN(C2CCc3cc(C4CN(c5ccccc5F)C4)ccc32)CC1. The normalized spacial score (nSPS) is 23.1. The molecular weight excluding hydrogens is 367 g/mol. The standard InChI is InChI=1S/C24H27FN2O2/c25-21-3-1-2-4-23(21)27-14-19(15-27)17-5-7-20-18(13-17)6-8-22(20)26-11-9-16(10-12-26)24(28)29/h1-5,7,13,16,19,22H,6,8-12,14-15H2,(H,28,29). The molecule has 2 heterocycles. The van der Waals surface area contributed by atoms with Crippen LogP contribution in [-0.4, -0.2) is 42.2 Å². The largest absolute Gasteiger partial charge is 0.481 e. The molecule has 1 aliphatic carbocycles. The molecule has 2 aliphatic heterocycles. The van der Waals surface area contributed by atoms with Crippen molar-refractivity contribution in [3.05, 3.63) is 65.0 Å². The van der Waals surface area contributed by atoms with Crippen molar-refractivity contribution in [2.75, 3.05) is 31.1 Å². The Kier molecular flexibility index (Phi) is 4.78. The molecule has 3 aliphatic rings. The highest BCUT2D eigenvalue weighted by Gasteiger charge is 2.34. The smallest absolute Gasteiger partial charge is 0.306 e. The van der Waals surface area contributed by atoms with Gasteiger partial charge in [-0.05, 0) is 67.6 Å². The van der Waals surface area contributed by atoms with Gasteiger partial charge in [0.15, 0.2) is 0 Å². The molecule has 2 saturated heterocycles. The summed E-state index contributed by atoms with van der Waals surface area (Å²) in [7, 11) is 0. The van der Waals surface area contributed by atoms with E-state index in [-0.39, 0.29) is 11.7 Å². The Hall–Kier alpha value is -2.40. The molecule has 2 aromatic carbocycles. The van der Waals surface area contributed by atoms with Crippen molar-refractivity contribution >= 4 is 11.7 Å². The van der Waals surface area contributed by atoms with Gasteiger partial charge in [-0.3, -0.25) is 9.69 Å². The van der Waals surface area contributed by atoms with Crippen molar-refractivity contribution in [2.24, 2.45) is 5.92 Å². The number of likely N-dealkylation sites (tertiary alicyclic amines) is 1. The number of para-hydroxylation sites is 1. The molecule has 0 bridgehead atoms. The molecule has 1 N–H and O–H groups in total. The van der Waals surface area contributed by atoms with Gasteiger partial charge in [0.1, 0.15) is 5.82 Å². The molecule has 1 unspecified atom stereocenters. The van der Waals surface area contributed by atoms with Crippen LogP contribution in [0.4, 0.5) is 10.1 Å². The molecule has 1 atom stereocenters. The average Bonchev–Trinajstić information content (AvgIpc) is 3.12. The molecule has 0 radical (unpaired) electrons. The first-order valence-electron chi connectivity index (χ1n) is 10.7. The number of halogens is 1. The summed E-state index contributed by atoms with van der Waals surface area (Å²) in [6.07, 6.45) is 3.74. The highest BCUT2D eigenvalue weighted by molar-refractivity contribution is 5.70. The number of aliphatic carboxylic acids is 1. The fraction of sp³-hybridized carbons (Fsp3) is 0.458. The van der Waals surface area contributed by atoms with E-state index in [2.05, 4.69) is 28.0 Å². The van der Waals surface area contributed by atoms with Gasteiger partial charge in [0.25, 0.3) is 0 Å². The molecule has 29 heavy (non-hydrogen) atoms. The molecule has 0 spiro atoms. The van der Waals surface area contributed by atoms with Gasteiger partial charge in [-0.25, -0.2) is 4.39 Å². The molecule has 5 rings (SSSR count). The summed E-state index contributed by atoms with van der Waals surface area (Å²) in [5, 5.41) is 9.22. The number of carbonyl (C=O) groups is 1. The van der Waals surface area contributed by atoms with E-state index in [9.17, 15) is 14.3 Å². The van der Waals surface area contributed by atoms with Crippen molar-refractivity contribution in [2.45, 2.75) is 37.6 Å². The summed E-state index contributed by atoms with van der Waals surface area (Å²) in [5.74, 6) is -0.503. The number of aryl methyl sites for hydroxylation is 1. The Morgan fingerprint density at radius 1 is 1.03 bits per heavy atom. The van der Waals surface area contributed by atoms with Crippen molar-refractivity contribution in [1.29, 1.82) is 0 Å². The molecule has 2 aromatic rings. The third-order valence-corrected chi connectivity index (χ3v) is 7.08. The monoisotopic (exact) mass is 394 g/mol. The average molecular weight is 394 g/mol. The van der Waals surface area contributed by atoms with E-state index in [1.54, 1.807) is 6.07 Å². The van der Waals surface area contributed by atoms with Crippen molar-refractivity contribution in [3.63, 3.8) is 0 Å². The zero-order valence-corrected chi connectivity index (χ0v) is 16.6. The van der Waals surface area contributed by atoms with Crippen molar-refractivity contribution in [3.8, 4) is 0 Å². The summed E-state index contributed by atoms with van der Waals surface area (Å²) in [5.41, 5.74) is 4.93.